The molecule has 0 radical (unpaired) electrons. The Labute approximate surface area is 225 Å². The molecule has 2 heterocycles. The van der Waals surface area contributed by atoms with Gasteiger partial charge in [-0.05, 0) is 63.1 Å². The number of halogens is 1. The number of nitrogens with zero attached hydrogens (tertiary/aromatic N) is 1. The standard InChI is InChI=1S/C30H31FN2O6/c1-5-20(28(34)35)21-8-6-7-9-25(21)38-17-18-14-19-11-13-37-27(19)23(15-18)22-10-12-32-24(26(22)31)16-33-29(36)39-30(2,3)4/h6-15,20H,5,16-17H2,1-4H3,(H,33,36)(H,34,35). The number of amides is 1. The molecule has 8 nitrogen and oxygen atoms in total. The molecule has 1 unspecified atom stereocenters. The number of benzene rings is 2. The van der Waals surface area contributed by atoms with Crippen LogP contribution in [0.2, 0.25) is 0 Å². The smallest absolute Gasteiger partial charge is 0.407 e. The Balaban J connectivity index is 1.62. The number of carbonyl (C=O) groups is 2. The number of hydrogen-bond acceptors (Lipinski definition) is 6. The highest BCUT2D eigenvalue weighted by atomic mass is 19.1. The van der Waals surface area contributed by atoms with Crippen molar-refractivity contribution in [1.29, 1.82) is 0 Å². The van der Waals surface area contributed by atoms with E-state index in [1.807, 2.05) is 13.0 Å². The Kier molecular flexibility index (Phi) is 8.18. The summed E-state index contributed by atoms with van der Waals surface area (Å²) in [5, 5.41) is 12.9. The zero-order valence-corrected chi connectivity index (χ0v) is 22.3. The first-order valence-corrected chi connectivity index (χ1v) is 12.6. The number of carboxylic acid groups (broad SMARTS) is 1. The molecule has 2 aromatic carbocycles. The third kappa shape index (κ3) is 6.54. The van der Waals surface area contributed by atoms with Gasteiger partial charge in [-0.3, -0.25) is 9.78 Å². The van der Waals surface area contributed by atoms with E-state index in [1.54, 1.807) is 63.2 Å². The van der Waals surface area contributed by atoms with Crippen LogP contribution in [-0.4, -0.2) is 27.8 Å². The van der Waals surface area contributed by atoms with Crippen LogP contribution in [0, 0.1) is 5.82 Å². The van der Waals surface area contributed by atoms with Crippen LogP contribution >= 0.6 is 0 Å². The fraction of sp³-hybridized carbons (Fsp3) is 0.300. The summed E-state index contributed by atoms with van der Waals surface area (Å²) in [5.41, 5.74) is 1.95. The highest BCUT2D eigenvalue weighted by Gasteiger charge is 2.22. The van der Waals surface area contributed by atoms with Crippen molar-refractivity contribution in [2.75, 3.05) is 0 Å². The number of aromatic nitrogens is 1. The number of ether oxygens (including phenoxy) is 2. The summed E-state index contributed by atoms with van der Waals surface area (Å²) in [6.07, 6.45) is 2.75. The minimum atomic E-state index is -0.916. The maximum atomic E-state index is 15.6. The van der Waals surface area contributed by atoms with Crippen LogP contribution in [0.3, 0.4) is 0 Å². The van der Waals surface area contributed by atoms with Crippen LogP contribution in [0.4, 0.5) is 9.18 Å². The van der Waals surface area contributed by atoms with Gasteiger partial charge in [0.25, 0.3) is 0 Å². The number of carbonyl (C=O) groups excluding carboxylic acids is 1. The van der Waals surface area contributed by atoms with E-state index in [-0.39, 0.29) is 24.4 Å². The lowest BCUT2D eigenvalue weighted by Gasteiger charge is -2.19. The molecule has 2 aromatic heterocycles. The molecule has 0 saturated heterocycles. The monoisotopic (exact) mass is 534 g/mol. The number of para-hydroxylation sites is 1. The number of hydrogen-bond donors (Lipinski definition) is 2. The molecular formula is C30H31FN2O6. The molecule has 2 N–H and O–H groups in total. The molecule has 0 saturated carbocycles. The third-order valence-corrected chi connectivity index (χ3v) is 6.06. The number of furan rings is 1. The van der Waals surface area contributed by atoms with Gasteiger partial charge in [-0.2, -0.15) is 0 Å². The molecule has 0 bridgehead atoms. The van der Waals surface area contributed by atoms with Crippen molar-refractivity contribution < 1.29 is 33.0 Å². The minimum Gasteiger partial charge on any atom is -0.489 e. The zero-order chi connectivity index (χ0) is 28.2. The zero-order valence-electron chi connectivity index (χ0n) is 22.3. The summed E-state index contributed by atoms with van der Waals surface area (Å²) in [6, 6.07) is 14.0. The van der Waals surface area contributed by atoms with E-state index in [0.29, 0.717) is 28.9 Å². The van der Waals surface area contributed by atoms with E-state index in [0.717, 1.165) is 10.9 Å². The second-order valence-corrected chi connectivity index (χ2v) is 10.1. The van der Waals surface area contributed by atoms with Crippen molar-refractivity contribution in [3.05, 3.63) is 83.6 Å². The average molecular weight is 535 g/mol. The summed E-state index contributed by atoms with van der Waals surface area (Å²) < 4.78 is 32.6. The van der Waals surface area contributed by atoms with Crippen molar-refractivity contribution in [1.82, 2.24) is 10.3 Å². The molecule has 4 aromatic rings. The summed E-state index contributed by atoms with van der Waals surface area (Å²) in [7, 11) is 0. The first-order valence-electron chi connectivity index (χ1n) is 12.6. The molecule has 0 aliphatic carbocycles. The molecule has 0 spiro atoms. The number of nitrogens with one attached hydrogen (secondary N) is 1. The molecular weight excluding hydrogens is 503 g/mol. The Morgan fingerprint density at radius 3 is 2.62 bits per heavy atom. The molecule has 1 atom stereocenters. The molecule has 1 amide bonds. The van der Waals surface area contributed by atoms with Gasteiger partial charge >= 0.3 is 12.1 Å². The number of alkyl carbamates (subject to hydrolysis) is 1. The van der Waals surface area contributed by atoms with E-state index < -0.39 is 29.4 Å². The fourth-order valence-electron chi connectivity index (χ4n) is 4.30. The first-order chi connectivity index (χ1) is 18.6. The van der Waals surface area contributed by atoms with Crippen molar-refractivity contribution in [3.8, 4) is 16.9 Å². The Morgan fingerprint density at radius 2 is 1.90 bits per heavy atom. The number of aliphatic carboxylic acids is 1. The van der Waals surface area contributed by atoms with Crippen molar-refractivity contribution in [2.45, 2.75) is 58.8 Å². The van der Waals surface area contributed by atoms with Gasteiger partial charge in [-0.1, -0.05) is 25.1 Å². The van der Waals surface area contributed by atoms with E-state index >= 15 is 4.39 Å². The maximum Gasteiger partial charge on any atom is 0.407 e. The molecule has 4 rings (SSSR count). The summed E-state index contributed by atoms with van der Waals surface area (Å²) in [6.45, 7) is 7.01. The molecule has 0 aliphatic heterocycles. The summed E-state index contributed by atoms with van der Waals surface area (Å²) in [5.74, 6) is -1.72. The lowest BCUT2D eigenvalue weighted by molar-refractivity contribution is -0.138. The minimum absolute atomic E-state index is 0.0490. The predicted molar refractivity (Wildman–Crippen MR) is 144 cm³/mol. The molecule has 0 aliphatic rings. The Bertz CT molecular complexity index is 1490. The second kappa shape index (κ2) is 11.6. The van der Waals surface area contributed by atoms with Gasteiger partial charge < -0.3 is 24.3 Å². The summed E-state index contributed by atoms with van der Waals surface area (Å²) in [4.78, 5) is 27.9. The number of rotatable bonds is 9. The van der Waals surface area contributed by atoms with Gasteiger partial charge in [0.15, 0.2) is 5.82 Å². The molecule has 204 valence electrons. The Hall–Kier alpha value is -4.40. The highest BCUT2D eigenvalue weighted by molar-refractivity contribution is 5.93. The highest BCUT2D eigenvalue weighted by Crippen LogP contribution is 2.34. The number of fused-ring (bicyclic) bond motifs is 1. The quantitative estimate of drug-likeness (QED) is 0.242. The van der Waals surface area contributed by atoms with Crippen molar-refractivity contribution in [3.63, 3.8) is 0 Å². The van der Waals surface area contributed by atoms with E-state index in [1.165, 1.54) is 12.5 Å². The van der Waals surface area contributed by atoms with E-state index in [9.17, 15) is 14.7 Å². The topological polar surface area (TPSA) is 111 Å². The summed E-state index contributed by atoms with van der Waals surface area (Å²) >= 11 is 0. The fourth-order valence-corrected chi connectivity index (χ4v) is 4.30. The van der Waals surface area contributed by atoms with Gasteiger partial charge in [0.05, 0.1) is 24.4 Å². The van der Waals surface area contributed by atoms with Crippen LogP contribution in [0.25, 0.3) is 22.1 Å². The largest absolute Gasteiger partial charge is 0.489 e. The average Bonchev–Trinajstić information content (AvgIpc) is 3.35. The molecule has 39 heavy (non-hydrogen) atoms. The molecule has 9 heteroatoms. The lowest BCUT2D eigenvalue weighted by Crippen LogP contribution is -2.32. The van der Waals surface area contributed by atoms with Gasteiger partial charge in [0.2, 0.25) is 0 Å². The van der Waals surface area contributed by atoms with Gasteiger partial charge in [0.1, 0.15) is 23.5 Å². The molecule has 0 fully saturated rings. The van der Waals surface area contributed by atoms with Crippen molar-refractivity contribution in [2.24, 2.45) is 0 Å². The number of carboxylic acids is 1. The van der Waals surface area contributed by atoms with Crippen LogP contribution in [0.1, 0.15) is 56.9 Å². The van der Waals surface area contributed by atoms with E-state index in [2.05, 4.69) is 10.3 Å². The van der Waals surface area contributed by atoms with Gasteiger partial charge in [0, 0.05) is 28.3 Å². The van der Waals surface area contributed by atoms with Gasteiger partial charge in [-0.25, -0.2) is 9.18 Å². The van der Waals surface area contributed by atoms with Crippen LogP contribution < -0.4 is 10.1 Å². The van der Waals surface area contributed by atoms with Gasteiger partial charge in [-0.15, -0.1) is 0 Å². The predicted octanol–water partition coefficient (Wildman–Crippen LogP) is 6.82. The number of pyridine rings is 1. The first kappa shape index (κ1) is 27.6. The maximum absolute atomic E-state index is 15.6. The van der Waals surface area contributed by atoms with Crippen LogP contribution in [-0.2, 0) is 22.7 Å². The van der Waals surface area contributed by atoms with E-state index in [4.69, 9.17) is 13.9 Å². The normalized spacial score (nSPS) is 12.2. The van der Waals surface area contributed by atoms with Crippen molar-refractivity contribution >= 4 is 23.0 Å². The Morgan fingerprint density at radius 1 is 1.13 bits per heavy atom. The van der Waals surface area contributed by atoms with Crippen LogP contribution in [0.15, 0.2) is 65.4 Å². The third-order valence-electron chi connectivity index (χ3n) is 6.06. The van der Waals surface area contributed by atoms with Crippen LogP contribution in [0.5, 0.6) is 5.75 Å². The second-order valence-electron chi connectivity index (χ2n) is 10.1. The lowest BCUT2D eigenvalue weighted by atomic mass is 9.96. The SMILES string of the molecule is CCC(C(=O)O)c1ccccc1OCc1cc(-c2ccnc(CNC(=O)OC(C)(C)C)c2F)c2occc2c1.